The van der Waals surface area contributed by atoms with E-state index in [0.29, 0.717) is 19.6 Å². The lowest BCUT2D eigenvalue weighted by Gasteiger charge is -2.51. The predicted molar refractivity (Wildman–Crippen MR) is 85.3 cm³/mol. The molecule has 2 rings (SSSR count). The van der Waals surface area contributed by atoms with Crippen molar-refractivity contribution in [2.45, 2.75) is 52.2 Å². The van der Waals surface area contributed by atoms with Gasteiger partial charge in [0.25, 0.3) is 0 Å². The molecule has 2 N–H and O–H groups in total. The maximum absolute atomic E-state index is 12.9. The van der Waals surface area contributed by atoms with Crippen molar-refractivity contribution in [3.8, 4) is 0 Å². The molecule has 0 aromatic carbocycles. The van der Waals surface area contributed by atoms with E-state index in [9.17, 15) is 15.0 Å². The van der Waals surface area contributed by atoms with Crippen LogP contribution < -0.4 is 0 Å². The van der Waals surface area contributed by atoms with E-state index >= 15 is 0 Å². The minimum atomic E-state index is -1.28. The molecule has 4 heteroatoms. The molecule has 124 valence electrons. The van der Waals surface area contributed by atoms with E-state index in [0.717, 1.165) is 5.57 Å². The number of hydrogen-bond acceptors (Lipinski definition) is 4. The molecule has 0 saturated heterocycles. The molecule has 4 nitrogen and oxygen atoms in total. The van der Waals surface area contributed by atoms with Crippen LogP contribution in [0.5, 0.6) is 0 Å². The van der Waals surface area contributed by atoms with Gasteiger partial charge >= 0.3 is 0 Å². The molecule has 0 aromatic rings. The summed E-state index contributed by atoms with van der Waals surface area (Å²) >= 11 is 0. The Balaban J connectivity index is 2.39. The monoisotopic (exact) mass is 308 g/mol. The summed E-state index contributed by atoms with van der Waals surface area (Å²) in [4.78, 5) is 12.9. The van der Waals surface area contributed by atoms with Crippen LogP contribution in [-0.2, 0) is 9.53 Å². The van der Waals surface area contributed by atoms with Crippen molar-refractivity contribution in [1.82, 2.24) is 0 Å². The van der Waals surface area contributed by atoms with Crippen LogP contribution in [-0.4, -0.2) is 40.9 Å². The largest absolute Gasteiger partial charge is 0.392 e. The SMILES string of the molecule is CCOCCC(=O)C1(C)C2C(=CC(C)CC2O)C=CC1(C)O. The fourth-order valence-electron chi connectivity index (χ4n) is 3.89. The van der Waals surface area contributed by atoms with Gasteiger partial charge in [-0.15, -0.1) is 0 Å². The molecule has 5 unspecified atom stereocenters. The number of allylic oxidation sites excluding steroid dienone is 2. The van der Waals surface area contributed by atoms with Crippen LogP contribution in [0.15, 0.2) is 23.8 Å². The Morgan fingerprint density at radius 1 is 1.45 bits per heavy atom. The van der Waals surface area contributed by atoms with Crippen LogP contribution in [0.4, 0.5) is 0 Å². The zero-order valence-corrected chi connectivity index (χ0v) is 14.0. The van der Waals surface area contributed by atoms with Crippen LogP contribution in [0.2, 0.25) is 0 Å². The number of aliphatic hydroxyl groups excluding tert-OH is 1. The molecule has 0 aromatic heterocycles. The van der Waals surface area contributed by atoms with E-state index in [1.165, 1.54) is 0 Å². The highest BCUT2D eigenvalue weighted by Gasteiger charge is 2.57. The molecular formula is C18H28O4. The normalized spacial score (nSPS) is 41.0. The standard InChI is InChI=1S/C18H28O4/c1-5-22-9-7-15(20)18(4)16-13(6-8-17(18,3)21)10-12(2)11-14(16)19/h6,8,10,12,14,16,19,21H,5,7,9,11H2,1-4H3. The number of fused-ring (bicyclic) bond motifs is 1. The van der Waals surface area contributed by atoms with Gasteiger partial charge in [-0.1, -0.05) is 25.2 Å². The summed E-state index contributed by atoms with van der Waals surface area (Å²) in [5.74, 6) is -0.144. The molecule has 2 aliphatic rings. The topological polar surface area (TPSA) is 66.8 Å². The molecule has 22 heavy (non-hydrogen) atoms. The Morgan fingerprint density at radius 2 is 2.14 bits per heavy atom. The number of ether oxygens (including phenoxy) is 1. The third-order valence-electron chi connectivity index (χ3n) is 5.36. The van der Waals surface area contributed by atoms with Crippen molar-refractivity contribution < 1.29 is 19.7 Å². The first-order valence-corrected chi connectivity index (χ1v) is 8.16. The van der Waals surface area contributed by atoms with Crippen molar-refractivity contribution in [2.75, 3.05) is 13.2 Å². The Kier molecular flexibility index (Phi) is 4.95. The van der Waals surface area contributed by atoms with Crippen molar-refractivity contribution in [2.24, 2.45) is 17.3 Å². The summed E-state index contributed by atoms with van der Waals surface area (Å²) < 4.78 is 5.29. The van der Waals surface area contributed by atoms with Crippen LogP contribution in [0.1, 0.15) is 40.5 Å². The molecule has 0 aliphatic heterocycles. The number of carbonyl (C=O) groups is 1. The molecule has 0 heterocycles. The number of ketones is 1. The van der Waals surface area contributed by atoms with E-state index in [2.05, 4.69) is 13.0 Å². The number of Topliss-reactive ketones (excluding diaryl/α,β-unsaturated/α-hetero) is 1. The molecule has 0 saturated carbocycles. The van der Waals surface area contributed by atoms with Crippen LogP contribution in [0, 0.1) is 17.3 Å². The number of carbonyl (C=O) groups excluding carboxylic acids is 1. The average Bonchev–Trinajstić information content (AvgIpc) is 2.42. The summed E-state index contributed by atoms with van der Waals surface area (Å²) in [6.07, 6.45) is 5.91. The Morgan fingerprint density at radius 3 is 2.77 bits per heavy atom. The Hall–Kier alpha value is -0.970. The van der Waals surface area contributed by atoms with E-state index in [4.69, 9.17) is 4.74 Å². The van der Waals surface area contributed by atoms with Gasteiger partial charge in [0.1, 0.15) is 5.78 Å². The minimum absolute atomic E-state index is 0.0557. The van der Waals surface area contributed by atoms with E-state index < -0.39 is 17.1 Å². The molecular weight excluding hydrogens is 280 g/mol. The van der Waals surface area contributed by atoms with Gasteiger partial charge in [0.15, 0.2) is 0 Å². The number of hydrogen-bond donors (Lipinski definition) is 2. The molecule has 5 atom stereocenters. The minimum Gasteiger partial charge on any atom is -0.392 e. The molecule has 0 radical (unpaired) electrons. The van der Waals surface area contributed by atoms with E-state index in [-0.39, 0.29) is 24.0 Å². The van der Waals surface area contributed by atoms with Crippen LogP contribution >= 0.6 is 0 Å². The quantitative estimate of drug-likeness (QED) is 0.765. The summed E-state index contributed by atoms with van der Waals surface area (Å²) in [6, 6.07) is 0. The fraction of sp³-hybridized carbons (Fsp3) is 0.722. The van der Waals surface area contributed by atoms with Crippen molar-refractivity contribution in [3.05, 3.63) is 23.8 Å². The number of rotatable bonds is 5. The van der Waals surface area contributed by atoms with Crippen molar-refractivity contribution in [3.63, 3.8) is 0 Å². The van der Waals surface area contributed by atoms with Crippen molar-refractivity contribution >= 4 is 5.78 Å². The second-order valence-corrected chi connectivity index (χ2v) is 6.98. The van der Waals surface area contributed by atoms with Gasteiger partial charge in [0, 0.05) is 18.9 Å². The Bertz CT molecular complexity index is 491. The molecule has 2 aliphatic carbocycles. The summed E-state index contributed by atoms with van der Waals surface area (Å²) in [5, 5.41) is 21.5. The summed E-state index contributed by atoms with van der Waals surface area (Å²) in [6.45, 7) is 8.30. The van der Waals surface area contributed by atoms with Crippen LogP contribution in [0.25, 0.3) is 0 Å². The molecule has 0 fully saturated rings. The Labute approximate surface area is 132 Å². The lowest BCUT2D eigenvalue weighted by molar-refractivity contribution is -0.153. The first kappa shape index (κ1) is 17.4. The van der Waals surface area contributed by atoms with Gasteiger partial charge in [0.05, 0.1) is 23.7 Å². The third-order valence-corrected chi connectivity index (χ3v) is 5.36. The molecule has 0 spiro atoms. The van der Waals surface area contributed by atoms with Gasteiger partial charge in [-0.2, -0.15) is 0 Å². The highest BCUT2D eigenvalue weighted by Crippen LogP contribution is 2.52. The first-order valence-electron chi connectivity index (χ1n) is 8.16. The van der Waals surface area contributed by atoms with Gasteiger partial charge < -0.3 is 14.9 Å². The number of aliphatic hydroxyl groups is 2. The fourth-order valence-corrected chi connectivity index (χ4v) is 3.89. The third kappa shape index (κ3) is 2.80. The van der Waals surface area contributed by atoms with E-state index in [1.807, 2.05) is 13.0 Å². The summed E-state index contributed by atoms with van der Waals surface area (Å²) in [5.41, 5.74) is -1.35. The van der Waals surface area contributed by atoms with Gasteiger partial charge in [0.2, 0.25) is 0 Å². The summed E-state index contributed by atoms with van der Waals surface area (Å²) in [7, 11) is 0. The van der Waals surface area contributed by atoms with Crippen LogP contribution in [0.3, 0.4) is 0 Å². The first-order chi connectivity index (χ1) is 10.2. The smallest absolute Gasteiger partial charge is 0.144 e. The van der Waals surface area contributed by atoms with Gasteiger partial charge in [-0.05, 0) is 38.7 Å². The highest BCUT2D eigenvalue weighted by atomic mass is 16.5. The van der Waals surface area contributed by atoms with Gasteiger partial charge in [-0.25, -0.2) is 0 Å². The maximum atomic E-state index is 12.9. The second kappa shape index (κ2) is 6.26. The second-order valence-electron chi connectivity index (χ2n) is 6.98. The zero-order chi connectivity index (χ0) is 16.5. The highest BCUT2D eigenvalue weighted by molar-refractivity contribution is 5.88. The zero-order valence-electron chi connectivity index (χ0n) is 14.0. The van der Waals surface area contributed by atoms with Gasteiger partial charge in [-0.3, -0.25) is 4.79 Å². The predicted octanol–water partition coefficient (Wildman–Crippen LogP) is 2.25. The molecule has 0 amide bonds. The lowest BCUT2D eigenvalue weighted by Crippen LogP contribution is -2.59. The maximum Gasteiger partial charge on any atom is 0.144 e. The lowest BCUT2D eigenvalue weighted by atomic mass is 9.54. The van der Waals surface area contributed by atoms with E-state index in [1.54, 1.807) is 19.9 Å². The average molecular weight is 308 g/mol. The molecule has 0 bridgehead atoms. The van der Waals surface area contributed by atoms with Crippen molar-refractivity contribution in [1.29, 1.82) is 0 Å².